The van der Waals surface area contributed by atoms with Gasteiger partial charge in [0.05, 0.1) is 24.5 Å². The van der Waals surface area contributed by atoms with E-state index in [-0.39, 0.29) is 30.5 Å². The van der Waals surface area contributed by atoms with E-state index in [0.717, 1.165) is 16.8 Å². The maximum Gasteiger partial charge on any atom is 0.409 e. The van der Waals surface area contributed by atoms with Crippen molar-refractivity contribution >= 4 is 31.6 Å². The smallest absolute Gasteiger partial charge is 0.409 e. The number of nitrogens with one attached hydrogen (secondary N) is 1. The van der Waals surface area contributed by atoms with Crippen molar-refractivity contribution < 1.29 is 18.8 Å². The Morgan fingerprint density at radius 2 is 1.63 bits per heavy atom. The van der Waals surface area contributed by atoms with Gasteiger partial charge in [-0.1, -0.05) is 89.2 Å². The van der Waals surface area contributed by atoms with E-state index in [0.29, 0.717) is 18.0 Å². The zero-order valence-corrected chi connectivity index (χ0v) is 27.4. The number of hydrogen-bond acceptors (Lipinski definition) is 7. The summed E-state index contributed by atoms with van der Waals surface area (Å²) < 4.78 is 12.0. The molecule has 2 aromatic carbocycles. The predicted molar refractivity (Wildman–Crippen MR) is 174 cm³/mol. The molecule has 1 unspecified atom stereocenters. The normalized spacial score (nSPS) is 15.7. The molecule has 0 radical (unpaired) electrons. The third kappa shape index (κ3) is 8.18. The van der Waals surface area contributed by atoms with Gasteiger partial charge in [0, 0.05) is 29.5 Å². The second-order valence-electron chi connectivity index (χ2n) is 13.2. The number of pyridine rings is 1. The molecule has 4 rings (SSSR count). The number of alkyl carbamates (subject to hydrolysis) is 1. The number of carbonyl (C=O) groups excluding carboxylic acids is 2. The van der Waals surface area contributed by atoms with Gasteiger partial charge in [-0.2, -0.15) is 0 Å². The van der Waals surface area contributed by atoms with Crippen LogP contribution in [0.2, 0.25) is 18.1 Å². The SMILES string of the molecule is CC(C)(CO[Si](C)(C)C(C)(C)C)C(=O)CN1CC(NC(=O)OCc2ccccc2)N=C(c2ccccn2)c2ccccc21. The minimum absolute atomic E-state index is 0.0447. The van der Waals surface area contributed by atoms with Crippen LogP contribution in [0.5, 0.6) is 0 Å². The Balaban J connectivity index is 1.60. The molecule has 1 aliphatic heterocycles. The molecule has 1 aromatic heterocycles. The maximum absolute atomic E-state index is 13.9. The number of carbonyl (C=O) groups is 2. The molecule has 0 bridgehead atoms. The first-order valence-electron chi connectivity index (χ1n) is 14.7. The van der Waals surface area contributed by atoms with Crippen molar-refractivity contribution in [2.24, 2.45) is 10.4 Å². The van der Waals surface area contributed by atoms with Crippen LogP contribution in [0.15, 0.2) is 84.0 Å². The van der Waals surface area contributed by atoms with E-state index in [9.17, 15) is 9.59 Å². The summed E-state index contributed by atoms with van der Waals surface area (Å²) in [7, 11) is -2.04. The minimum atomic E-state index is -2.04. The van der Waals surface area contributed by atoms with Gasteiger partial charge in [0.25, 0.3) is 0 Å². The Bertz CT molecular complexity index is 1440. The molecule has 0 fully saturated rings. The lowest BCUT2D eigenvalue weighted by molar-refractivity contribution is -0.127. The van der Waals surface area contributed by atoms with Crippen LogP contribution in [0, 0.1) is 5.41 Å². The van der Waals surface area contributed by atoms with Crippen LogP contribution in [0.25, 0.3) is 0 Å². The van der Waals surface area contributed by atoms with Crippen molar-refractivity contribution in [2.45, 2.75) is 65.5 Å². The van der Waals surface area contributed by atoms with E-state index in [1.807, 2.05) is 91.5 Å². The molecule has 2 heterocycles. The summed E-state index contributed by atoms with van der Waals surface area (Å²) in [5.74, 6) is 0.0488. The first kappa shape index (κ1) is 32.1. The number of Topliss-reactive ketones (excluding diaryl/α,β-unsaturated/α-hetero) is 1. The van der Waals surface area contributed by atoms with Crippen LogP contribution in [-0.4, -0.2) is 56.8 Å². The zero-order valence-electron chi connectivity index (χ0n) is 26.4. The number of hydrogen-bond donors (Lipinski definition) is 1. The molecule has 8 nitrogen and oxygen atoms in total. The largest absolute Gasteiger partial charge is 0.445 e. The number of anilines is 1. The third-order valence-corrected chi connectivity index (χ3v) is 12.8. The van der Waals surface area contributed by atoms with Crippen molar-refractivity contribution in [3.8, 4) is 0 Å². The van der Waals surface area contributed by atoms with E-state index in [2.05, 4.69) is 44.2 Å². The first-order valence-corrected chi connectivity index (χ1v) is 17.7. The van der Waals surface area contributed by atoms with Crippen LogP contribution < -0.4 is 10.2 Å². The van der Waals surface area contributed by atoms with Crippen molar-refractivity contribution in [2.75, 3.05) is 24.6 Å². The number of ketones is 1. The van der Waals surface area contributed by atoms with Crippen LogP contribution in [0.1, 0.15) is 51.4 Å². The first-order chi connectivity index (χ1) is 20.3. The second kappa shape index (κ2) is 13.2. The molecule has 3 aromatic rings. The summed E-state index contributed by atoms with van der Waals surface area (Å²) in [6.45, 7) is 15.8. The van der Waals surface area contributed by atoms with Crippen molar-refractivity contribution in [3.05, 3.63) is 95.8 Å². The van der Waals surface area contributed by atoms with Gasteiger partial charge in [0.1, 0.15) is 12.8 Å². The van der Waals surface area contributed by atoms with Gasteiger partial charge in [0.15, 0.2) is 14.1 Å². The molecule has 1 atom stereocenters. The number of aromatic nitrogens is 1. The molecule has 0 saturated heterocycles. The lowest BCUT2D eigenvalue weighted by atomic mass is 9.88. The van der Waals surface area contributed by atoms with Crippen LogP contribution in [-0.2, 0) is 20.6 Å². The fourth-order valence-electron chi connectivity index (χ4n) is 4.40. The van der Waals surface area contributed by atoms with Crippen molar-refractivity contribution in [1.82, 2.24) is 10.3 Å². The Morgan fingerprint density at radius 3 is 2.30 bits per heavy atom. The topological polar surface area (TPSA) is 93.1 Å². The molecular formula is C34H44N4O4Si. The number of nitrogens with zero attached hydrogens (tertiary/aromatic N) is 3. The number of benzene rings is 2. The molecule has 0 saturated carbocycles. The quantitative estimate of drug-likeness (QED) is 0.263. The number of aliphatic imine (C=N–C) groups is 1. The summed E-state index contributed by atoms with van der Waals surface area (Å²) >= 11 is 0. The molecule has 43 heavy (non-hydrogen) atoms. The van der Waals surface area contributed by atoms with E-state index >= 15 is 0 Å². The highest BCUT2D eigenvalue weighted by Crippen LogP contribution is 2.38. The second-order valence-corrected chi connectivity index (χ2v) is 18.0. The Morgan fingerprint density at radius 1 is 0.953 bits per heavy atom. The molecule has 1 N–H and O–H groups in total. The van der Waals surface area contributed by atoms with Gasteiger partial charge in [0.2, 0.25) is 0 Å². The van der Waals surface area contributed by atoms with E-state index in [4.69, 9.17) is 14.2 Å². The molecule has 0 aliphatic carbocycles. The average molecular weight is 601 g/mol. The summed E-state index contributed by atoms with van der Waals surface area (Å²) in [6.07, 6.45) is 0.444. The Kier molecular flexibility index (Phi) is 9.87. The monoisotopic (exact) mass is 600 g/mol. The van der Waals surface area contributed by atoms with Gasteiger partial charge in [-0.15, -0.1) is 0 Å². The maximum atomic E-state index is 13.9. The van der Waals surface area contributed by atoms with Crippen molar-refractivity contribution in [1.29, 1.82) is 0 Å². The fourth-order valence-corrected chi connectivity index (χ4v) is 5.56. The van der Waals surface area contributed by atoms with E-state index in [1.165, 1.54) is 0 Å². The zero-order chi connectivity index (χ0) is 31.3. The number of benzodiazepines with no additional fused rings is 1. The highest BCUT2D eigenvalue weighted by Gasteiger charge is 2.40. The number of rotatable bonds is 10. The van der Waals surface area contributed by atoms with E-state index < -0.39 is 26.0 Å². The lowest BCUT2D eigenvalue weighted by Gasteiger charge is -2.39. The predicted octanol–water partition coefficient (Wildman–Crippen LogP) is 6.61. The number of amides is 1. The molecule has 1 amide bonds. The standard InChI is InChI=1S/C34H44N4O4Si/c1-33(2,3)43(6,7)42-24-34(4,5)29(39)21-38-22-30(37-32(40)41-23-25-15-9-8-10-16-25)36-31(27-18-13-14-20-35-27)26-17-11-12-19-28(26)38/h8-20,30H,21-24H2,1-7H3,(H,37,40). The third-order valence-electron chi connectivity index (χ3n) is 8.27. The van der Waals surface area contributed by atoms with Crippen LogP contribution >= 0.6 is 0 Å². The number of ether oxygens (including phenoxy) is 1. The lowest BCUT2D eigenvalue weighted by Crippen LogP contribution is -2.48. The van der Waals surface area contributed by atoms with Gasteiger partial charge in [-0.25, -0.2) is 4.79 Å². The summed E-state index contributed by atoms with van der Waals surface area (Å²) in [4.78, 5) is 38.4. The van der Waals surface area contributed by atoms with Gasteiger partial charge < -0.3 is 14.1 Å². The van der Waals surface area contributed by atoms with Crippen molar-refractivity contribution in [3.63, 3.8) is 0 Å². The van der Waals surface area contributed by atoms with Gasteiger partial charge in [-0.05, 0) is 41.9 Å². The molecule has 1 aliphatic rings. The highest BCUT2D eigenvalue weighted by atomic mass is 28.4. The summed E-state index contributed by atoms with van der Waals surface area (Å²) in [5, 5.41) is 2.96. The molecule has 0 spiro atoms. The summed E-state index contributed by atoms with van der Waals surface area (Å²) in [6, 6.07) is 23.0. The molecule has 228 valence electrons. The van der Waals surface area contributed by atoms with Crippen LogP contribution in [0.4, 0.5) is 10.5 Å². The summed E-state index contributed by atoms with van der Waals surface area (Å²) in [5.41, 5.74) is 3.18. The van der Waals surface area contributed by atoms with Gasteiger partial charge >= 0.3 is 6.09 Å². The fraction of sp³-hybridized carbons (Fsp3) is 0.412. The van der Waals surface area contributed by atoms with Gasteiger partial charge in [-0.3, -0.25) is 20.1 Å². The Hall–Kier alpha value is -3.82. The van der Waals surface area contributed by atoms with Crippen LogP contribution in [0.3, 0.4) is 0 Å². The van der Waals surface area contributed by atoms with E-state index in [1.54, 1.807) is 6.20 Å². The molecule has 9 heteroatoms. The number of para-hydroxylation sites is 1. The highest BCUT2D eigenvalue weighted by molar-refractivity contribution is 6.74. The molecular weight excluding hydrogens is 556 g/mol. The number of fused-ring (bicyclic) bond motifs is 1. The average Bonchev–Trinajstić information content (AvgIpc) is 3.12. The minimum Gasteiger partial charge on any atom is -0.445 e. The Labute approximate surface area is 256 Å².